The molecule has 1 fully saturated rings. The Hall–Kier alpha value is -1.31. The number of aromatic nitrogens is 2. The van der Waals surface area contributed by atoms with Crippen LogP contribution in [-0.2, 0) is 0 Å². The highest BCUT2D eigenvalue weighted by Crippen LogP contribution is 2.33. The molecule has 1 aliphatic carbocycles. The van der Waals surface area contributed by atoms with E-state index in [1.165, 1.54) is 37.0 Å². The molecular weight excluding hydrogens is 172 g/mol. The Morgan fingerprint density at radius 3 is 2.71 bits per heavy atom. The van der Waals surface area contributed by atoms with Gasteiger partial charge in [0.05, 0.1) is 11.0 Å². The van der Waals surface area contributed by atoms with E-state index in [0.29, 0.717) is 5.92 Å². The van der Waals surface area contributed by atoms with Crippen LogP contribution in [0.2, 0.25) is 0 Å². The van der Waals surface area contributed by atoms with Gasteiger partial charge in [-0.3, -0.25) is 0 Å². The van der Waals surface area contributed by atoms with E-state index in [9.17, 15) is 0 Å². The third kappa shape index (κ3) is 1.22. The number of hydrogen-bond acceptors (Lipinski definition) is 1. The molecule has 14 heavy (non-hydrogen) atoms. The normalized spacial score (nSPS) is 18.0. The van der Waals surface area contributed by atoms with Crippen molar-refractivity contribution in [2.75, 3.05) is 0 Å². The highest BCUT2D eigenvalue weighted by atomic mass is 14.9. The number of nitrogens with one attached hydrogen (secondary N) is 1. The number of imidazole rings is 1. The van der Waals surface area contributed by atoms with Gasteiger partial charge in [0, 0.05) is 5.92 Å². The summed E-state index contributed by atoms with van der Waals surface area (Å²) < 4.78 is 0. The maximum Gasteiger partial charge on any atom is 0.110 e. The summed E-state index contributed by atoms with van der Waals surface area (Å²) >= 11 is 0. The number of rotatable bonds is 1. The quantitative estimate of drug-likeness (QED) is 0.727. The molecule has 0 amide bonds. The van der Waals surface area contributed by atoms with Gasteiger partial charge in [-0.15, -0.1) is 0 Å². The van der Waals surface area contributed by atoms with Crippen molar-refractivity contribution in [3.8, 4) is 0 Å². The van der Waals surface area contributed by atoms with Crippen LogP contribution in [0.4, 0.5) is 0 Å². The topological polar surface area (TPSA) is 28.7 Å². The van der Waals surface area contributed by atoms with Gasteiger partial charge in [0.2, 0.25) is 0 Å². The molecule has 1 aromatic heterocycles. The third-order valence-electron chi connectivity index (χ3n) is 3.15. The van der Waals surface area contributed by atoms with Crippen LogP contribution in [0.25, 0.3) is 11.0 Å². The van der Waals surface area contributed by atoms with Gasteiger partial charge in [-0.05, 0) is 25.0 Å². The predicted molar refractivity (Wildman–Crippen MR) is 57.3 cm³/mol. The number of fused-ring (bicyclic) bond motifs is 1. The Morgan fingerprint density at radius 2 is 1.93 bits per heavy atom. The van der Waals surface area contributed by atoms with E-state index < -0.39 is 0 Å². The van der Waals surface area contributed by atoms with Gasteiger partial charge in [0.1, 0.15) is 5.82 Å². The summed E-state index contributed by atoms with van der Waals surface area (Å²) in [6.07, 6.45) is 5.34. The molecule has 0 spiro atoms. The standard InChI is InChI=1S/C12H14N2/c1-2-6-9(5-1)12-13-10-7-3-4-8-11(10)14-12/h3-4,7-9H,1-2,5-6H2,(H,13,14). The first kappa shape index (κ1) is 8.04. The summed E-state index contributed by atoms with van der Waals surface area (Å²) in [6, 6.07) is 8.27. The van der Waals surface area contributed by atoms with Crippen molar-refractivity contribution in [3.63, 3.8) is 0 Å². The van der Waals surface area contributed by atoms with Crippen molar-refractivity contribution in [2.24, 2.45) is 0 Å². The molecule has 1 heterocycles. The Bertz CT molecular complexity index is 405. The fourth-order valence-electron chi connectivity index (χ4n) is 2.37. The minimum Gasteiger partial charge on any atom is -0.342 e. The van der Waals surface area contributed by atoms with E-state index in [4.69, 9.17) is 0 Å². The van der Waals surface area contributed by atoms with E-state index in [0.717, 1.165) is 5.52 Å². The molecule has 2 aromatic rings. The summed E-state index contributed by atoms with van der Waals surface area (Å²) in [5, 5.41) is 0. The van der Waals surface area contributed by atoms with E-state index in [-0.39, 0.29) is 0 Å². The van der Waals surface area contributed by atoms with Crippen LogP contribution in [0, 0.1) is 0 Å². The number of H-pyrrole nitrogens is 1. The molecule has 1 saturated carbocycles. The molecule has 72 valence electrons. The Kier molecular flexibility index (Phi) is 1.79. The largest absolute Gasteiger partial charge is 0.342 e. The summed E-state index contributed by atoms with van der Waals surface area (Å²) in [4.78, 5) is 8.07. The average Bonchev–Trinajstić information content (AvgIpc) is 2.86. The maximum absolute atomic E-state index is 4.64. The SMILES string of the molecule is c1ccc2[nH]c(C3CCCC3)nc2c1. The fraction of sp³-hybridized carbons (Fsp3) is 0.417. The number of para-hydroxylation sites is 2. The minimum absolute atomic E-state index is 0.683. The Balaban J connectivity index is 2.05. The van der Waals surface area contributed by atoms with Crippen molar-refractivity contribution in [2.45, 2.75) is 31.6 Å². The van der Waals surface area contributed by atoms with Crippen molar-refractivity contribution >= 4 is 11.0 Å². The van der Waals surface area contributed by atoms with Crippen molar-refractivity contribution in [1.82, 2.24) is 9.97 Å². The number of benzene rings is 1. The molecule has 0 aliphatic heterocycles. The minimum atomic E-state index is 0.683. The second kappa shape index (κ2) is 3.12. The zero-order valence-electron chi connectivity index (χ0n) is 8.16. The highest BCUT2D eigenvalue weighted by Gasteiger charge is 2.19. The van der Waals surface area contributed by atoms with Crippen LogP contribution < -0.4 is 0 Å². The third-order valence-corrected chi connectivity index (χ3v) is 3.15. The highest BCUT2D eigenvalue weighted by molar-refractivity contribution is 5.74. The zero-order valence-corrected chi connectivity index (χ0v) is 8.16. The van der Waals surface area contributed by atoms with E-state index in [2.05, 4.69) is 28.2 Å². The molecule has 0 radical (unpaired) electrons. The van der Waals surface area contributed by atoms with E-state index >= 15 is 0 Å². The molecule has 2 heteroatoms. The molecule has 3 rings (SSSR count). The van der Waals surface area contributed by atoms with Crippen LogP contribution in [0.3, 0.4) is 0 Å². The van der Waals surface area contributed by atoms with E-state index in [1.807, 2.05) is 6.07 Å². The lowest BCUT2D eigenvalue weighted by molar-refractivity contribution is 0.681. The van der Waals surface area contributed by atoms with Crippen molar-refractivity contribution in [3.05, 3.63) is 30.1 Å². The summed E-state index contributed by atoms with van der Waals surface area (Å²) in [5.41, 5.74) is 2.28. The predicted octanol–water partition coefficient (Wildman–Crippen LogP) is 3.22. The number of hydrogen-bond donors (Lipinski definition) is 1. The molecule has 1 aliphatic rings. The Morgan fingerprint density at radius 1 is 1.14 bits per heavy atom. The summed E-state index contributed by atoms with van der Waals surface area (Å²) in [6.45, 7) is 0. The van der Waals surface area contributed by atoms with Crippen LogP contribution in [-0.4, -0.2) is 9.97 Å². The molecule has 0 saturated heterocycles. The second-order valence-electron chi connectivity index (χ2n) is 4.12. The molecular formula is C12H14N2. The van der Waals surface area contributed by atoms with Gasteiger partial charge < -0.3 is 4.98 Å². The second-order valence-corrected chi connectivity index (χ2v) is 4.12. The van der Waals surface area contributed by atoms with Crippen molar-refractivity contribution in [1.29, 1.82) is 0 Å². The lowest BCUT2D eigenvalue weighted by atomic mass is 10.1. The van der Waals surface area contributed by atoms with E-state index in [1.54, 1.807) is 0 Å². The molecule has 1 aromatic carbocycles. The average molecular weight is 186 g/mol. The first-order chi connectivity index (χ1) is 6.93. The van der Waals surface area contributed by atoms with Crippen LogP contribution in [0.5, 0.6) is 0 Å². The van der Waals surface area contributed by atoms with Crippen LogP contribution in [0.1, 0.15) is 37.4 Å². The Labute approximate surface area is 83.4 Å². The maximum atomic E-state index is 4.64. The smallest absolute Gasteiger partial charge is 0.110 e. The number of aromatic amines is 1. The zero-order chi connectivity index (χ0) is 9.38. The molecule has 0 unspecified atom stereocenters. The van der Waals surface area contributed by atoms with Gasteiger partial charge >= 0.3 is 0 Å². The van der Waals surface area contributed by atoms with Crippen LogP contribution in [0.15, 0.2) is 24.3 Å². The van der Waals surface area contributed by atoms with Gasteiger partial charge in [-0.25, -0.2) is 4.98 Å². The fourth-order valence-corrected chi connectivity index (χ4v) is 2.37. The van der Waals surface area contributed by atoms with Crippen LogP contribution >= 0.6 is 0 Å². The number of nitrogens with zero attached hydrogens (tertiary/aromatic N) is 1. The molecule has 2 nitrogen and oxygen atoms in total. The van der Waals surface area contributed by atoms with Gasteiger partial charge in [0.25, 0.3) is 0 Å². The van der Waals surface area contributed by atoms with Crippen molar-refractivity contribution < 1.29 is 0 Å². The van der Waals surface area contributed by atoms with Gasteiger partial charge in [-0.2, -0.15) is 0 Å². The monoisotopic (exact) mass is 186 g/mol. The lowest BCUT2D eigenvalue weighted by Gasteiger charge is -2.02. The first-order valence-corrected chi connectivity index (χ1v) is 5.38. The van der Waals surface area contributed by atoms with Gasteiger partial charge in [0.15, 0.2) is 0 Å². The summed E-state index contributed by atoms with van der Waals surface area (Å²) in [5.74, 6) is 1.88. The molecule has 0 atom stereocenters. The van der Waals surface area contributed by atoms with Gasteiger partial charge in [-0.1, -0.05) is 25.0 Å². The first-order valence-electron chi connectivity index (χ1n) is 5.38. The molecule has 0 bridgehead atoms. The lowest BCUT2D eigenvalue weighted by Crippen LogP contribution is -1.93. The summed E-state index contributed by atoms with van der Waals surface area (Å²) in [7, 11) is 0. The molecule has 1 N–H and O–H groups in total.